The van der Waals surface area contributed by atoms with Gasteiger partial charge in [0.2, 0.25) is 0 Å². The van der Waals surface area contributed by atoms with Crippen LogP contribution < -0.4 is 0 Å². The van der Waals surface area contributed by atoms with Crippen molar-refractivity contribution in [1.82, 2.24) is 0 Å². The van der Waals surface area contributed by atoms with Crippen LogP contribution in [0.4, 0.5) is 0 Å². The molecule has 0 aliphatic rings. The molecular weight excluding hydrogens is 194 g/mol. The fraction of sp³-hybridized carbons (Fsp3) is 0.250. The van der Waals surface area contributed by atoms with E-state index < -0.39 is 0 Å². The summed E-state index contributed by atoms with van der Waals surface area (Å²) in [5.74, 6) is 0. The molecule has 0 aromatic heterocycles. The molecule has 1 rings (SSSR count). The van der Waals surface area contributed by atoms with Gasteiger partial charge in [-0.05, 0) is 31.5 Å². The number of hydrogen-bond acceptors (Lipinski definition) is 1. The zero-order chi connectivity index (χ0) is 10.6. The number of rotatable bonds is 2. The second-order valence-electron chi connectivity index (χ2n) is 3.24. The third kappa shape index (κ3) is 2.90. The molecule has 1 aromatic rings. The van der Waals surface area contributed by atoms with Gasteiger partial charge in [-0.15, -0.1) is 11.6 Å². The first-order valence-electron chi connectivity index (χ1n) is 4.46. The minimum absolute atomic E-state index is 0.0285. The van der Waals surface area contributed by atoms with Crippen molar-refractivity contribution in [3.8, 4) is 6.07 Å². The first-order chi connectivity index (χ1) is 6.63. The van der Waals surface area contributed by atoms with Gasteiger partial charge in [-0.1, -0.05) is 23.8 Å². The molecule has 72 valence electrons. The van der Waals surface area contributed by atoms with Crippen molar-refractivity contribution < 1.29 is 0 Å². The Morgan fingerprint density at radius 1 is 1.57 bits per heavy atom. The predicted octanol–water partition coefficient (Wildman–Crippen LogP) is 3.59. The van der Waals surface area contributed by atoms with Crippen molar-refractivity contribution in [3.05, 3.63) is 41.0 Å². The van der Waals surface area contributed by atoms with Crippen LogP contribution in [0.1, 0.15) is 25.0 Å². The smallest absolute Gasteiger partial charge is 0.0991 e. The number of benzene rings is 1. The Morgan fingerprint density at radius 3 is 2.86 bits per heavy atom. The molecule has 0 fully saturated rings. The molecule has 0 saturated carbocycles. The number of alkyl halides is 1. The highest BCUT2D eigenvalue weighted by Crippen LogP contribution is 2.14. The number of nitriles is 1. The molecule has 0 bridgehead atoms. The first kappa shape index (κ1) is 10.8. The molecule has 2 heteroatoms. The summed E-state index contributed by atoms with van der Waals surface area (Å²) in [5, 5.41) is 8.74. The average molecular weight is 206 g/mol. The standard InChI is InChI=1S/C12H12ClN/c1-9(10(2)13)6-11-4-3-5-12(7-11)8-14/h3-7,10H,1-2H3/b9-6+. The van der Waals surface area contributed by atoms with Crippen molar-refractivity contribution in [2.75, 3.05) is 0 Å². The van der Waals surface area contributed by atoms with Gasteiger partial charge in [0.05, 0.1) is 17.0 Å². The summed E-state index contributed by atoms with van der Waals surface area (Å²) in [5.41, 5.74) is 2.80. The van der Waals surface area contributed by atoms with Gasteiger partial charge in [0, 0.05) is 0 Å². The molecule has 0 spiro atoms. The van der Waals surface area contributed by atoms with Crippen molar-refractivity contribution in [3.63, 3.8) is 0 Å². The van der Waals surface area contributed by atoms with Crippen LogP contribution in [0, 0.1) is 11.3 Å². The van der Waals surface area contributed by atoms with Crippen molar-refractivity contribution in [1.29, 1.82) is 5.26 Å². The quantitative estimate of drug-likeness (QED) is 0.677. The van der Waals surface area contributed by atoms with Crippen molar-refractivity contribution >= 4 is 17.7 Å². The van der Waals surface area contributed by atoms with E-state index in [1.54, 1.807) is 6.07 Å². The molecule has 0 aliphatic carbocycles. The van der Waals surface area contributed by atoms with Gasteiger partial charge >= 0.3 is 0 Å². The van der Waals surface area contributed by atoms with Gasteiger partial charge in [-0.3, -0.25) is 0 Å². The van der Waals surface area contributed by atoms with Crippen molar-refractivity contribution in [2.45, 2.75) is 19.2 Å². The minimum Gasteiger partial charge on any atom is -0.192 e. The lowest BCUT2D eigenvalue weighted by molar-refractivity contribution is 1.12. The molecule has 1 nitrogen and oxygen atoms in total. The summed E-state index contributed by atoms with van der Waals surface area (Å²) in [6, 6.07) is 9.58. The normalized spacial score (nSPS) is 13.4. The molecule has 0 N–H and O–H groups in total. The summed E-state index contributed by atoms with van der Waals surface area (Å²) < 4.78 is 0. The Labute approximate surface area is 89.6 Å². The highest BCUT2D eigenvalue weighted by molar-refractivity contribution is 6.22. The van der Waals surface area contributed by atoms with Gasteiger partial charge < -0.3 is 0 Å². The zero-order valence-electron chi connectivity index (χ0n) is 8.29. The van der Waals surface area contributed by atoms with Crippen LogP contribution >= 0.6 is 11.6 Å². The summed E-state index contributed by atoms with van der Waals surface area (Å²) in [4.78, 5) is 0. The van der Waals surface area contributed by atoms with Crippen molar-refractivity contribution in [2.24, 2.45) is 0 Å². The molecule has 0 radical (unpaired) electrons. The molecule has 1 aromatic carbocycles. The maximum absolute atomic E-state index is 8.71. The highest BCUT2D eigenvalue weighted by Gasteiger charge is 1.99. The topological polar surface area (TPSA) is 23.8 Å². The number of hydrogen-bond donors (Lipinski definition) is 0. The summed E-state index contributed by atoms with van der Waals surface area (Å²) in [6.07, 6.45) is 2.00. The van der Waals surface area contributed by atoms with Crippen LogP contribution in [0.15, 0.2) is 29.8 Å². The second-order valence-corrected chi connectivity index (χ2v) is 3.90. The van der Waals surface area contributed by atoms with Gasteiger partial charge in [0.25, 0.3) is 0 Å². The minimum atomic E-state index is 0.0285. The van der Waals surface area contributed by atoms with Gasteiger partial charge in [-0.25, -0.2) is 0 Å². The third-order valence-corrected chi connectivity index (χ3v) is 2.38. The molecule has 14 heavy (non-hydrogen) atoms. The van der Waals surface area contributed by atoms with E-state index in [9.17, 15) is 0 Å². The summed E-state index contributed by atoms with van der Waals surface area (Å²) in [7, 11) is 0. The number of nitrogens with zero attached hydrogens (tertiary/aromatic N) is 1. The Bertz CT molecular complexity index is 386. The largest absolute Gasteiger partial charge is 0.192 e. The summed E-state index contributed by atoms with van der Waals surface area (Å²) >= 11 is 5.92. The Hall–Kier alpha value is -1.26. The van der Waals surface area contributed by atoms with E-state index in [0.29, 0.717) is 5.56 Å². The molecule has 0 saturated heterocycles. The second kappa shape index (κ2) is 4.83. The molecule has 1 atom stereocenters. The Morgan fingerprint density at radius 2 is 2.29 bits per heavy atom. The third-order valence-electron chi connectivity index (χ3n) is 2.04. The predicted molar refractivity (Wildman–Crippen MR) is 60.1 cm³/mol. The van der Waals surface area contributed by atoms with Crippen LogP contribution in [0.2, 0.25) is 0 Å². The van der Waals surface area contributed by atoms with E-state index in [2.05, 4.69) is 6.07 Å². The first-order valence-corrected chi connectivity index (χ1v) is 4.89. The fourth-order valence-corrected chi connectivity index (χ4v) is 1.14. The van der Waals surface area contributed by atoms with E-state index in [1.165, 1.54) is 0 Å². The molecule has 0 heterocycles. The molecule has 1 unspecified atom stereocenters. The number of allylic oxidation sites excluding steroid dienone is 1. The maximum Gasteiger partial charge on any atom is 0.0991 e. The van der Waals surface area contributed by atoms with Crippen LogP contribution in [-0.2, 0) is 0 Å². The van der Waals surface area contributed by atoms with Crippen LogP contribution in [-0.4, -0.2) is 5.38 Å². The van der Waals surface area contributed by atoms with Crippen LogP contribution in [0.25, 0.3) is 6.08 Å². The van der Waals surface area contributed by atoms with Crippen LogP contribution in [0.3, 0.4) is 0 Å². The molecule has 0 aliphatic heterocycles. The van der Waals surface area contributed by atoms with E-state index >= 15 is 0 Å². The lowest BCUT2D eigenvalue weighted by atomic mass is 10.1. The SMILES string of the molecule is C/C(=C\c1cccc(C#N)c1)C(C)Cl. The van der Waals surface area contributed by atoms with Gasteiger partial charge in [-0.2, -0.15) is 5.26 Å². The average Bonchev–Trinajstić information content (AvgIpc) is 2.18. The molecular formula is C12H12ClN. The maximum atomic E-state index is 8.71. The fourth-order valence-electron chi connectivity index (χ4n) is 1.08. The van der Waals surface area contributed by atoms with Gasteiger partial charge in [0.15, 0.2) is 0 Å². The zero-order valence-corrected chi connectivity index (χ0v) is 9.05. The van der Waals surface area contributed by atoms with Gasteiger partial charge in [0.1, 0.15) is 0 Å². The lowest BCUT2D eigenvalue weighted by Gasteiger charge is -2.02. The van der Waals surface area contributed by atoms with E-state index in [-0.39, 0.29) is 5.38 Å². The lowest BCUT2D eigenvalue weighted by Crippen LogP contribution is -1.91. The Balaban J connectivity index is 2.98. The highest BCUT2D eigenvalue weighted by atomic mass is 35.5. The van der Waals surface area contributed by atoms with Crippen LogP contribution in [0.5, 0.6) is 0 Å². The van der Waals surface area contributed by atoms with E-state index in [4.69, 9.17) is 16.9 Å². The Kier molecular flexibility index (Phi) is 3.73. The number of halogens is 1. The van der Waals surface area contributed by atoms with E-state index in [1.807, 2.05) is 38.1 Å². The molecule has 0 amide bonds. The monoisotopic (exact) mass is 205 g/mol. The van der Waals surface area contributed by atoms with E-state index in [0.717, 1.165) is 11.1 Å². The summed E-state index contributed by atoms with van der Waals surface area (Å²) in [6.45, 7) is 3.91.